The fourth-order valence-electron chi connectivity index (χ4n) is 1.95. The summed E-state index contributed by atoms with van der Waals surface area (Å²) in [5, 5.41) is 16.1. The van der Waals surface area contributed by atoms with Crippen molar-refractivity contribution >= 4 is 23.1 Å². The number of rotatable bonds is 4. The van der Waals surface area contributed by atoms with Crippen molar-refractivity contribution in [3.8, 4) is 0 Å². The minimum atomic E-state index is -4.75. The van der Waals surface area contributed by atoms with Gasteiger partial charge >= 0.3 is 6.18 Å². The fourth-order valence-corrected chi connectivity index (χ4v) is 1.95. The molecule has 0 spiro atoms. The van der Waals surface area contributed by atoms with Crippen LogP contribution in [0, 0.1) is 15.9 Å². The van der Waals surface area contributed by atoms with Gasteiger partial charge < -0.3 is 10.6 Å². The molecular weight excluding hydrogens is 358 g/mol. The first kappa shape index (κ1) is 19.3. The maximum atomic E-state index is 13.2. The lowest BCUT2D eigenvalue weighted by Gasteiger charge is -2.21. The zero-order chi connectivity index (χ0) is 19.7. The molecule has 26 heavy (non-hydrogen) atoms. The zero-order valence-electron chi connectivity index (χ0n) is 14.0. The molecule has 0 unspecified atom stereocenters. The van der Waals surface area contributed by atoms with Crippen LogP contribution in [0.4, 0.5) is 40.7 Å². The Kier molecular flexibility index (Phi) is 5.01. The standard InChI is InChI=1S/C15H15F4N5O2/c1-14(2,3)23-13-21-11(15(17,18)19)7-12(22-13)20-9-5-4-8(16)6-10(9)24(25)26/h4-7H,1-3H3,(H2,20,21,22,23). The quantitative estimate of drug-likeness (QED) is 0.466. The van der Waals surface area contributed by atoms with E-state index in [1.54, 1.807) is 20.8 Å². The molecule has 0 aliphatic heterocycles. The zero-order valence-corrected chi connectivity index (χ0v) is 14.0. The predicted molar refractivity (Wildman–Crippen MR) is 86.7 cm³/mol. The van der Waals surface area contributed by atoms with Gasteiger partial charge in [-0.05, 0) is 32.9 Å². The lowest BCUT2D eigenvalue weighted by Crippen LogP contribution is -2.28. The average Bonchev–Trinajstić information content (AvgIpc) is 2.46. The summed E-state index contributed by atoms with van der Waals surface area (Å²) < 4.78 is 52.4. The summed E-state index contributed by atoms with van der Waals surface area (Å²) in [6, 6.07) is 3.25. The Balaban J connectivity index is 2.49. The Hall–Kier alpha value is -2.98. The van der Waals surface area contributed by atoms with Gasteiger partial charge in [-0.2, -0.15) is 18.2 Å². The minimum Gasteiger partial charge on any atom is -0.350 e. The molecule has 0 radical (unpaired) electrons. The van der Waals surface area contributed by atoms with Gasteiger partial charge in [-0.15, -0.1) is 0 Å². The van der Waals surface area contributed by atoms with E-state index >= 15 is 0 Å². The highest BCUT2D eigenvalue weighted by molar-refractivity contribution is 5.68. The number of hydrogen-bond donors (Lipinski definition) is 2. The molecule has 1 heterocycles. The monoisotopic (exact) mass is 373 g/mol. The average molecular weight is 373 g/mol. The van der Waals surface area contributed by atoms with Gasteiger partial charge in [0.25, 0.3) is 5.69 Å². The summed E-state index contributed by atoms with van der Waals surface area (Å²) in [5.74, 6) is -1.48. The van der Waals surface area contributed by atoms with Crippen LogP contribution >= 0.6 is 0 Å². The number of hydrogen-bond acceptors (Lipinski definition) is 6. The Morgan fingerprint density at radius 1 is 1.12 bits per heavy atom. The first-order valence-corrected chi connectivity index (χ1v) is 7.30. The van der Waals surface area contributed by atoms with Gasteiger partial charge in [-0.1, -0.05) is 0 Å². The Morgan fingerprint density at radius 3 is 2.31 bits per heavy atom. The molecule has 140 valence electrons. The molecule has 0 aliphatic rings. The van der Waals surface area contributed by atoms with Crippen LogP contribution in [0.15, 0.2) is 24.3 Å². The van der Waals surface area contributed by atoms with E-state index in [9.17, 15) is 27.7 Å². The van der Waals surface area contributed by atoms with E-state index in [4.69, 9.17) is 0 Å². The van der Waals surface area contributed by atoms with E-state index < -0.39 is 33.8 Å². The van der Waals surface area contributed by atoms with Gasteiger partial charge in [0.1, 0.15) is 17.3 Å². The van der Waals surface area contributed by atoms with Crippen molar-refractivity contribution in [1.82, 2.24) is 9.97 Å². The number of anilines is 3. The van der Waals surface area contributed by atoms with E-state index in [-0.39, 0.29) is 17.5 Å². The molecule has 0 fully saturated rings. The van der Waals surface area contributed by atoms with Crippen LogP contribution in [0.1, 0.15) is 26.5 Å². The molecule has 0 saturated carbocycles. The summed E-state index contributed by atoms with van der Waals surface area (Å²) in [7, 11) is 0. The van der Waals surface area contributed by atoms with Gasteiger partial charge in [0.15, 0.2) is 5.69 Å². The molecule has 2 aromatic rings. The van der Waals surface area contributed by atoms with Gasteiger partial charge in [-0.25, -0.2) is 9.37 Å². The van der Waals surface area contributed by atoms with Crippen molar-refractivity contribution in [1.29, 1.82) is 0 Å². The van der Waals surface area contributed by atoms with E-state index in [0.717, 1.165) is 12.1 Å². The third kappa shape index (κ3) is 5.01. The molecule has 2 rings (SSSR count). The highest BCUT2D eigenvalue weighted by atomic mass is 19.4. The van der Waals surface area contributed by atoms with Gasteiger partial charge in [0, 0.05) is 11.6 Å². The number of alkyl halides is 3. The topological polar surface area (TPSA) is 93.0 Å². The van der Waals surface area contributed by atoms with Crippen LogP contribution in [0.5, 0.6) is 0 Å². The number of halogens is 4. The maximum absolute atomic E-state index is 13.2. The van der Waals surface area contributed by atoms with Crippen LogP contribution in [0.25, 0.3) is 0 Å². The predicted octanol–water partition coefficient (Wildman–Crippen LogP) is 4.50. The smallest absolute Gasteiger partial charge is 0.350 e. The normalized spacial score (nSPS) is 12.0. The molecule has 0 aliphatic carbocycles. The number of nitro groups is 1. The van der Waals surface area contributed by atoms with E-state index in [2.05, 4.69) is 20.6 Å². The second kappa shape index (κ2) is 6.73. The molecule has 11 heteroatoms. The molecule has 0 atom stereocenters. The number of aromatic nitrogens is 2. The van der Waals surface area contributed by atoms with Crippen LogP contribution in [0.3, 0.4) is 0 Å². The van der Waals surface area contributed by atoms with Crippen molar-refractivity contribution in [2.75, 3.05) is 10.6 Å². The second-order valence-electron chi connectivity index (χ2n) is 6.38. The largest absolute Gasteiger partial charge is 0.433 e. The minimum absolute atomic E-state index is 0.204. The molecule has 0 amide bonds. The van der Waals surface area contributed by atoms with E-state index in [1.807, 2.05) is 0 Å². The fraction of sp³-hybridized carbons (Fsp3) is 0.333. The molecule has 2 N–H and O–H groups in total. The SMILES string of the molecule is CC(C)(C)Nc1nc(Nc2ccc(F)cc2[N+](=O)[O-])cc(C(F)(F)F)n1. The first-order chi connectivity index (χ1) is 11.8. The molecule has 1 aromatic heterocycles. The van der Waals surface area contributed by atoms with Crippen molar-refractivity contribution < 1.29 is 22.5 Å². The summed E-state index contributed by atoms with van der Waals surface area (Å²) in [6.07, 6.45) is -4.75. The highest BCUT2D eigenvalue weighted by Crippen LogP contribution is 2.32. The highest BCUT2D eigenvalue weighted by Gasteiger charge is 2.34. The van der Waals surface area contributed by atoms with Crippen molar-refractivity contribution in [2.45, 2.75) is 32.5 Å². The molecular formula is C15H15F4N5O2. The molecule has 1 aromatic carbocycles. The van der Waals surface area contributed by atoms with Crippen LogP contribution in [0.2, 0.25) is 0 Å². The molecule has 0 bridgehead atoms. The first-order valence-electron chi connectivity index (χ1n) is 7.30. The molecule has 7 nitrogen and oxygen atoms in total. The molecule has 0 saturated heterocycles. The van der Waals surface area contributed by atoms with Crippen LogP contribution in [-0.4, -0.2) is 20.4 Å². The number of nitrogens with one attached hydrogen (secondary N) is 2. The Labute approximate surface area is 145 Å². The number of nitrogens with zero attached hydrogens (tertiary/aromatic N) is 3. The van der Waals surface area contributed by atoms with Gasteiger partial charge in [-0.3, -0.25) is 10.1 Å². The number of nitro benzene ring substituents is 1. The van der Waals surface area contributed by atoms with E-state index in [0.29, 0.717) is 12.1 Å². The van der Waals surface area contributed by atoms with Crippen molar-refractivity contribution in [2.24, 2.45) is 0 Å². The summed E-state index contributed by atoms with van der Waals surface area (Å²) >= 11 is 0. The van der Waals surface area contributed by atoms with Crippen molar-refractivity contribution in [3.05, 3.63) is 45.9 Å². The lowest BCUT2D eigenvalue weighted by atomic mass is 10.1. The van der Waals surface area contributed by atoms with Crippen LogP contribution < -0.4 is 10.6 Å². The Morgan fingerprint density at radius 2 is 1.77 bits per heavy atom. The Bertz CT molecular complexity index is 834. The van der Waals surface area contributed by atoms with E-state index in [1.165, 1.54) is 0 Å². The maximum Gasteiger partial charge on any atom is 0.433 e. The summed E-state index contributed by atoms with van der Waals surface area (Å²) in [5.41, 5.74) is -2.69. The van der Waals surface area contributed by atoms with Crippen LogP contribution in [-0.2, 0) is 6.18 Å². The third-order valence-electron chi connectivity index (χ3n) is 2.92. The third-order valence-corrected chi connectivity index (χ3v) is 2.92. The van der Waals surface area contributed by atoms with Gasteiger partial charge in [0.2, 0.25) is 5.95 Å². The second-order valence-corrected chi connectivity index (χ2v) is 6.38. The summed E-state index contributed by atoms with van der Waals surface area (Å²) in [4.78, 5) is 17.5. The summed E-state index contributed by atoms with van der Waals surface area (Å²) in [6.45, 7) is 5.11. The lowest BCUT2D eigenvalue weighted by molar-refractivity contribution is -0.384. The number of benzene rings is 1. The van der Waals surface area contributed by atoms with Gasteiger partial charge in [0.05, 0.1) is 11.0 Å². The van der Waals surface area contributed by atoms with Crippen molar-refractivity contribution in [3.63, 3.8) is 0 Å².